The number of sulfonamides is 1. The van der Waals surface area contributed by atoms with Gasteiger partial charge in [0.25, 0.3) is 15.9 Å². The second kappa shape index (κ2) is 9.95. The number of carbonyl (C=O) groups is 1. The molecule has 36 heavy (non-hydrogen) atoms. The summed E-state index contributed by atoms with van der Waals surface area (Å²) in [6.07, 6.45) is -1.04. The lowest BCUT2D eigenvalue weighted by atomic mass is 9.86. The minimum Gasteiger partial charge on any atom is -0.476 e. The number of ether oxygens (including phenoxy) is 2. The lowest BCUT2D eigenvalue weighted by Crippen LogP contribution is -2.49. The van der Waals surface area contributed by atoms with Gasteiger partial charge in [-0.2, -0.15) is 0 Å². The lowest BCUT2D eigenvalue weighted by Gasteiger charge is -2.36. The standard InChI is InChI=1S/C28H32N2O5S/c1-19-9-12-23(13-10-19)36(32,33)30-17-26(27(31)29-22-8-6-7-20(15-22)18-34-5)35-25-14-11-21(16-24(25)30)28(2,3)4/h6-16,26H,17-18H2,1-5H3,(H,29,31)/t26-/m1/s1. The van der Waals surface area contributed by atoms with Crippen LogP contribution in [0.2, 0.25) is 0 Å². The number of fused-ring (bicyclic) bond motifs is 1. The highest BCUT2D eigenvalue weighted by atomic mass is 32.2. The fourth-order valence-corrected chi connectivity index (χ4v) is 5.52. The molecule has 190 valence electrons. The Balaban J connectivity index is 1.71. The molecular weight excluding hydrogens is 476 g/mol. The number of amides is 1. The minimum absolute atomic E-state index is 0.152. The van der Waals surface area contributed by atoms with Crippen molar-refractivity contribution in [2.45, 2.75) is 50.7 Å². The Kier molecular flexibility index (Phi) is 7.11. The van der Waals surface area contributed by atoms with Crippen molar-refractivity contribution in [2.24, 2.45) is 0 Å². The van der Waals surface area contributed by atoms with Gasteiger partial charge in [0.1, 0.15) is 5.75 Å². The van der Waals surface area contributed by atoms with Gasteiger partial charge >= 0.3 is 0 Å². The van der Waals surface area contributed by atoms with Crippen LogP contribution in [0, 0.1) is 6.92 Å². The zero-order valence-electron chi connectivity index (χ0n) is 21.2. The molecule has 7 nitrogen and oxygen atoms in total. The van der Waals surface area contributed by atoms with Crippen LogP contribution in [0.15, 0.2) is 71.6 Å². The number of hydrogen-bond acceptors (Lipinski definition) is 5. The van der Waals surface area contributed by atoms with Crippen LogP contribution >= 0.6 is 0 Å². The van der Waals surface area contributed by atoms with E-state index in [9.17, 15) is 13.2 Å². The fourth-order valence-electron chi connectivity index (χ4n) is 4.05. The molecule has 1 atom stereocenters. The molecule has 1 N–H and O–H groups in total. The monoisotopic (exact) mass is 508 g/mol. The van der Waals surface area contributed by atoms with Crippen molar-refractivity contribution in [3.05, 3.63) is 83.4 Å². The van der Waals surface area contributed by atoms with Crippen LogP contribution < -0.4 is 14.4 Å². The largest absolute Gasteiger partial charge is 0.476 e. The van der Waals surface area contributed by atoms with Crippen molar-refractivity contribution in [2.75, 3.05) is 23.3 Å². The molecule has 0 bridgehead atoms. The zero-order chi connectivity index (χ0) is 26.1. The highest BCUT2D eigenvalue weighted by molar-refractivity contribution is 7.92. The molecule has 3 aromatic carbocycles. The first-order valence-corrected chi connectivity index (χ1v) is 13.2. The molecule has 1 heterocycles. The Morgan fingerprint density at radius 2 is 1.81 bits per heavy atom. The fraction of sp³-hybridized carbons (Fsp3) is 0.321. The van der Waals surface area contributed by atoms with Gasteiger partial charge in [-0.15, -0.1) is 0 Å². The van der Waals surface area contributed by atoms with Crippen molar-refractivity contribution in [3.8, 4) is 5.75 Å². The number of hydrogen-bond donors (Lipinski definition) is 1. The third kappa shape index (κ3) is 5.39. The molecular formula is C28H32N2O5S. The number of anilines is 2. The molecule has 3 aromatic rings. The first kappa shape index (κ1) is 25.7. The van der Waals surface area contributed by atoms with E-state index >= 15 is 0 Å². The summed E-state index contributed by atoms with van der Waals surface area (Å²) in [6, 6.07) is 19.5. The first-order valence-electron chi connectivity index (χ1n) is 11.8. The average molecular weight is 509 g/mol. The molecule has 0 spiro atoms. The summed E-state index contributed by atoms with van der Waals surface area (Å²) in [5.74, 6) is -0.0857. The molecule has 0 aromatic heterocycles. The van der Waals surface area contributed by atoms with Crippen molar-refractivity contribution in [1.29, 1.82) is 0 Å². The number of nitrogens with one attached hydrogen (secondary N) is 1. The molecule has 0 aliphatic carbocycles. The van der Waals surface area contributed by atoms with Crippen LogP contribution in [-0.2, 0) is 31.6 Å². The van der Waals surface area contributed by atoms with E-state index in [0.717, 1.165) is 16.7 Å². The van der Waals surface area contributed by atoms with Crippen molar-refractivity contribution in [3.63, 3.8) is 0 Å². The number of rotatable bonds is 6. The predicted octanol–water partition coefficient (Wildman–Crippen LogP) is 5.03. The van der Waals surface area contributed by atoms with Crippen molar-refractivity contribution in [1.82, 2.24) is 0 Å². The van der Waals surface area contributed by atoms with Gasteiger partial charge in [0, 0.05) is 12.8 Å². The maximum atomic E-state index is 13.8. The summed E-state index contributed by atoms with van der Waals surface area (Å²) in [5.41, 5.74) is 3.64. The van der Waals surface area contributed by atoms with Gasteiger partial charge in [-0.25, -0.2) is 8.42 Å². The van der Waals surface area contributed by atoms with Gasteiger partial charge in [-0.1, -0.05) is 56.7 Å². The highest BCUT2D eigenvalue weighted by Crippen LogP contribution is 2.40. The highest BCUT2D eigenvalue weighted by Gasteiger charge is 2.38. The Morgan fingerprint density at radius 1 is 1.08 bits per heavy atom. The molecule has 0 radical (unpaired) electrons. The van der Waals surface area contributed by atoms with Gasteiger partial charge < -0.3 is 14.8 Å². The maximum absolute atomic E-state index is 13.8. The summed E-state index contributed by atoms with van der Waals surface area (Å²) in [7, 11) is -2.35. The van der Waals surface area contributed by atoms with Crippen LogP contribution in [0.3, 0.4) is 0 Å². The molecule has 0 unspecified atom stereocenters. The zero-order valence-corrected chi connectivity index (χ0v) is 22.1. The lowest BCUT2D eigenvalue weighted by molar-refractivity contribution is -0.122. The van der Waals surface area contributed by atoms with Gasteiger partial charge in [0.15, 0.2) is 6.10 Å². The third-order valence-corrected chi connectivity index (χ3v) is 7.90. The van der Waals surface area contributed by atoms with Gasteiger partial charge in [-0.05, 0) is 59.9 Å². The number of aryl methyl sites for hydroxylation is 1. The Morgan fingerprint density at radius 3 is 2.47 bits per heavy atom. The van der Waals surface area contributed by atoms with Crippen molar-refractivity contribution >= 4 is 27.3 Å². The molecule has 0 fully saturated rings. The van der Waals surface area contributed by atoms with E-state index in [4.69, 9.17) is 9.47 Å². The van der Waals surface area contributed by atoms with E-state index in [0.29, 0.717) is 23.7 Å². The molecule has 1 aliphatic heterocycles. The second-order valence-corrected chi connectivity index (χ2v) is 11.9. The Hall–Kier alpha value is -3.36. The molecule has 1 aliphatic rings. The Labute approximate surface area is 213 Å². The Bertz CT molecular complexity index is 1360. The summed E-state index contributed by atoms with van der Waals surface area (Å²) in [6.45, 7) is 8.34. The number of nitrogens with zero attached hydrogens (tertiary/aromatic N) is 1. The predicted molar refractivity (Wildman–Crippen MR) is 141 cm³/mol. The van der Waals surface area contributed by atoms with Crippen LogP contribution in [0.5, 0.6) is 5.75 Å². The van der Waals surface area contributed by atoms with Crippen LogP contribution in [0.1, 0.15) is 37.5 Å². The van der Waals surface area contributed by atoms with Crippen LogP contribution in [0.4, 0.5) is 11.4 Å². The number of methoxy groups -OCH3 is 1. The van der Waals surface area contributed by atoms with Gasteiger partial charge in [0.2, 0.25) is 0 Å². The number of benzene rings is 3. The number of carbonyl (C=O) groups excluding carboxylic acids is 1. The summed E-state index contributed by atoms with van der Waals surface area (Å²) in [5, 5.41) is 2.86. The smallest absolute Gasteiger partial charge is 0.267 e. The molecule has 4 rings (SSSR count). The van der Waals surface area contributed by atoms with E-state index in [2.05, 4.69) is 26.1 Å². The average Bonchev–Trinajstić information content (AvgIpc) is 2.83. The minimum atomic E-state index is -3.95. The van der Waals surface area contributed by atoms with Crippen LogP contribution in [0.25, 0.3) is 0 Å². The molecule has 8 heteroatoms. The van der Waals surface area contributed by atoms with Crippen molar-refractivity contribution < 1.29 is 22.7 Å². The quantitative estimate of drug-likeness (QED) is 0.505. The van der Waals surface area contributed by atoms with E-state index in [1.165, 1.54) is 4.31 Å². The maximum Gasteiger partial charge on any atom is 0.267 e. The van der Waals surface area contributed by atoms with Gasteiger partial charge in [-0.3, -0.25) is 9.10 Å². The van der Waals surface area contributed by atoms with E-state index < -0.39 is 22.0 Å². The van der Waals surface area contributed by atoms with E-state index in [1.807, 2.05) is 37.3 Å². The molecule has 0 saturated carbocycles. The van der Waals surface area contributed by atoms with Gasteiger partial charge in [0.05, 0.1) is 23.7 Å². The van der Waals surface area contributed by atoms with E-state index in [1.54, 1.807) is 43.5 Å². The second-order valence-electron chi connectivity index (χ2n) is 10.0. The normalized spacial score (nSPS) is 15.7. The summed E-state index contributed by atoms with van der Waals surface area (Å²) >= 11 is 0. The SMILES string of the molecule is COCc1cccc(NC(=O)[C@H]2CN(S(=O)(=O)c3ccc(C)cc3)c3cc(C(C)(C)C)ccc3O2)c1. The molecule has 0 saturated heterocycles. The van der Waals surface area contributed by atoms with E-state index in [-0.39, 0.29) is 16.9 Å². The summed E-state index contributed by atoms with van der Waals surface area (Å²) < 4.78 is 40.1. The third-order valence-electron chi connectivity index (χ3n) is 6.10. The first-order chi connectivity index (χ1) is 17.0. The van der Waals surface area contributed by atoms with Crippen LogP contribution in [-0.4, -0.2) is 34.1 Å². The summed E-state index contributed by atoms with van der Waals surface area (Å²) in [4.78, 5) is 13.4. The molecule has 1 amide bonds. The topological polar surface area (TPSA) is 84.9 Å².